The molecule has 6 amide bonds. The van der Waals surface area contributed by atoms with Crippen LogP contribution in [0.1, 0.15) is 81.6 Å². The summed E-state index contributed by atoms with van der Waals surface area (Å²) in [6, 6.07) is 17.2. The van der Waals surface area contributed by atoms with Crippen LogP contribution in [0.25, 0.3) is 10.8 Å². The lowest BCUT2D eigenvalue weighted by molar-refractivity contribution is -0.136. The van der Waals surface area contributed by atoms with Gasteiger partial charge in [0.15, 0.2) is 0 Å². The highest BCUT2D eigenvalue weighted by Gasteiger charge is 2.45. The normalized spacial score (nSPS) is 16.2. The first-order chi connectivity index (χ1) is 27.4. The number of nitrogens with zero attached hydrogens (tertiary/aromatic N) is 2. The maximum Gasteiger partial charge on any atom is 0.265 e. The molecule has 0 spiro atoms. The van der Waals surface area contributed by atoms with Crippen LogP contribution in [0.4, 0.5) is 17.1 Å². The van der Waals surface area contributed by atoms with Crippen molar-refractivity contribution in [2.75, 3.05) is 42.2 Å². The quantitative estimate of drug-likeness (QED) is 0.0934. The van der Waals surface area contributed by atoms with Crippen LogP contribution in [0.5, 0.6) is 5.75 Å². The first-order valence-electron chi connectivity index (χ1n) is 18.8. The Labute approximate surface area is 329 Å². The number of hydrogen-bond acceptors (Lipinski definition) is 10. The minimum absolute atomic E-state index is 0.0226. The van der Waals surface area contributed by atoms with E-state index >= 15 is 0 Å². The first-order valence-corrected chi connectivity index (χ1v) is 20.3. The predicted octanol–water partition coefficient (Wildman–Crippen LogP) is 4.36. The standard InChI is InChI=1S/C41H42N6O9S/c1-46-30-16-15-28(45-57(54,55)33-13-6-5-12-32(33)56-2)26-22-24(23-27(36(26)30)39(46)51)14-18-34(48)43-21-8-4-3-7-20-42-29-11-9-10-25-37(29)41(53)47(40(25)52)31-17-19-35(49)44-38(31)50/h5-6,9-13,15-16,22-23,31,42,45H,3-4,7-8,14,17-21H2,1-2H3,(H,43,48)(H,44,49,50). The number of methoxy groups -OCH3 is 1. The van der Waals surface area contributed by atoms with Gasteiger partial charge in [-0.25, -0.2) is 8.42 Å². The van der Waals surface area contributed by atoms with Gasteiger partial charge < -0.3 is 20.3 Å². The van der Waals surface area contributed by atoms with E-state index in [4.69, 9.17) is 4.74 Å². The van der Waals surface area contributed by atoms with Gasteiger partial charge in [-0.1, -0.05) is 31.0 Å². The molecule has 16 heteroatoms. The third-order valence-electron chi connectivity index (χ3n) is 10.5. The molecule has 0 saturated carbocycles. The molecule has 0 radical (unpaired) electrons. The fourth-order valence-electron chi connectivity index (χ4n) is 7.60. The highest BCUT2D eigenvalue weighted by Crippen LogP contribution is 2.42. The van der Waals surface area contributed by atoms with Crippen LogP contribution in [0.15, 0.2) is 71.6 Å². The summed E-state index contributed by atoms with van der Waals surface area (Å²) in [7, 11) is -0.988. The summed E-state index contributed by atoms with van der Waals surface area (Å²) in [6.07, 6.45) is 3.86. The van der Waals surface area contributed by atoms with Gasteiger partial charge >= 0.3 is 0 Å². The van der Waals surface area contributed by atoms with Gasteiger partial charge in [-0.15, -0.1) is 0 Å². The molecule has 3 aliphatic heterocycles. The van der Waals surface area contributed by atoms with Crippen LogP contribution in [-0.2, 0) is 30.8 Å². The van der Waals surface area contributed by atoms with E-state index in [1.165, 1.54) is 18.1 Å². The average Bonchev–Trinajstić information content (AvgIpc) is 3.60. The van der Waals surface area contributed by atoms with Gasteiger partial charge in [0.1, 0.15) is 16.7 Å². The number of nitrogens with one attached hydrogen (secondary N) is 4. The smallest absolute Gasteiger partial charge is 0.265 e. The highest BCUT2D eigenvalue weighted by atomic mass is 32.2. The van der Waals surface area contributed by atoms with Crippen LogP contribution < -0.4 is 30.3 Å². The van der Waals surface area contributed by atoms with Gasteiger partial charge in [-0.3, -0.25) is 43.7 Å². The van der Waals surface area contributed by atoms with Crippen molar-refractivity contribution in [3.63, 3.8) is 0 Å². The number of sulfonamides is 1. The SMILES string of the molecule is COc1ccccc1S(=O)(=O)Nc1ccc2c3c(cc(CCC(=O)NCCCCCCNc4cccc5c4C(=O)N(C4CCC(=O)NC4=O)C5=O)cc13)C(=O)N2C. The Morgan fingerprint density at radius 3 is 2.40 bits per heavy atom. The largest absolute Gasteiger partial charge is 0.495 e. The highest BCUT2D eigenvalue weighted by molar-refractivity contribution is 7.92. The number of carbonyl (C=O) groups excluding carboxylic acids is 6. The molecular formula is C41H42N6O9S. The van der Waals surface area contributed by atoms with Crippen LogP contribution >= 0.6 is 0 Å². The van der Waals surface area contributed by atoms with Crippen molar-refractivity contribution < 1.29 is 41.9 Å². The number of carbonyl (C=O) groups is 6. The predicted molar refractivity (Wildman–Crippen MR) is 212 cm³/mol. The summed E-state index contributed by atoms with van der Waals surface area (Å²) >= 11 is 0. The lowest BCUT2D eigenvalue weighted by Crippen LogP contribution is -2.54. The van der Waals surface area contributed by atoms with Gasteiger partial charge in [-0.05, 0) is 79.8 Å². The molecule has 4 N–H and O–H groups in total. The number of unbranched alkanes of at least 4 members (excludes halogenated alkanes) is 3. The summed E-state index contributed by atoms with van der Waals surface area (Å²) < 4.78 is 34.9. The average molecular weight is 795 g/mol. The molecule has 1 unspecified atom stereocenters. The number of imide groups is 2. The van der Waals surface area contributed by atoms with Crippen LogP contribution in [0.2, 0.25) is 0 Å². The molecule has 1 fully saturated rings. The maximum atomic E-state index is 13.5. The van der Waals surface area contributed by atoms with E-state index in [1.807, 2.05) is 6.07 Å². The zero-order valence-electron chi connectivity index (χ0n) is 31.5. The van der Waals surface area contributed by atoms with Crippen molar-refractivity contribution in [1.29, 1.82) is 0 Å². The number of piperidine rings is 1. The number of fused-ring (bicyclic) bond motifs is 1. The van der Waals surface area contributed by atoms with Crippen molar-refractivity contribution in [1.82, 2.24) is 15.5 Å². The summed E-state index contributed by atoms with van der Waals surface area (Å²) in [4.78, 5) is 78.8. The Morgan fingerprint density at radius 2 is 1.63 bits per heavy atom. The van der Waals surface area contributed by atoms with E-state index in [2.05, 4.69) is 20.7 Å². The minimum Gasteiger partial charge on any atom is -0.495 e. The van der Waals surface area contributed by atoms with Crippen molar-refractivity contribution >= 4 is 73.3 Å². The van der Waals surface area contributed by atoms with Crippen molar-refractivity contribution in [3.05, 3.63) is 89.0 Å². The molecule has 0 bridgehead atoms. The Hall–Kier alpha value is -6.29. The molecule has 3 heterocycles. The van der Waals surface area contributed by atoms with E-state index in [0.717, 1.165) is 36.1 Å². The van der Waals surface area contributed by atoms with E-state index in [0.29, 0.717) is 52.9 Å². The van der Waals surface area contributed by atoms with E-state index in [1.54, 1.807) is 61.6 Å². The molecule has 57 heavy (non-hydrogen) atoms. The lowest BCUT2D eigenvalue weighted by atomic mass is 9.98. The Kier molecular flexibility index (Phi) is 11.0. The lowest BCUT2D eigenvalue weighted by Gasteiger charge is -2.27. The molecule has 0 aliphatic carbocycles. The summed E-state index contributed by atoms with van der Waals surface area (Å²) in [5.41, 5.74) is 3.09. The van der Waals surface area contributed by atoms with Crippen molar-refractivity contribution in [2.24, 2.45) is 0 Å². The first kappa shape index (κ1) is 39.0. The Balaban J connectivity index is 0.888. The number of benzene rings is 4. The number of anilines is 3. The molecule has 296 valence electrons. The van der Waals surface area contributed by atoms with Gasteiger partial charge in [0.05, 0.1) is 35.2 Å². The van der Waals surface area contributed by atoms with Crippen LogP contribution in [0, 0.1) is 0 Å². The number of aryl methyl sites for hydroxylation is 1. The monoisotopic (exact) mass is 794 g/mol. The van der Waals surface area contributed by atoms with Crippen molar-refractivity contribution in [2.45, 2.75) is 62.3 Å². The Bertz CT molecular complexity index is 2450. The Morgan fingerprint density at radius 1 is 0.860 bits per heavy atom. The molecule has 1 saturated heterocycles. The molecule has 7 rings (SSSR count). The third kappa shape index (κ3) is 7.64. The summed E-state index contributed by atoms with van der Waals surface area (Å²) in [6.45, 7) is 1.02. The van der Waals surface area contributed by atoms with E-state index in [-0.39, 0.29) is 52.8 Å². The molecule has 1 atom stereocenters. The second kappa shape index (κ2) is 16.1. The number of rotatable bonds is 16. The number of para-hydroxylation sites is 1. The molecule has 4 aromatic carbocycles. The second-order valence-electron chi connectivity index (χ2n) is 14.2. The van der Waals surface area contributed by atoms with Crippen molar-refractivity contribution in [3.8, 4) is 5.75 Å². The van der Waals surface area contributed by atoms with Gasteiger partial charge in [0.2, 0.25) is 17.7 Å². The number of ether oxygens (including phenoxy) is 1. The number of hydrogen-bond donors (Lipinski definition) is 4. The molecule has 4 aromatic rings. The van der Waals surface area contributed by atoms with Gasteiger partial charge in [-0.2, -0.15) is 0 Å². The number of amides is 6. The van der Waals surface area contributed by atoms with E-state index in [9.17, 15) is 37.2 Å². The summed E-state index contributed by atoms with van der Waals surface area (Å²) in [5.74, 6) is -2.36. The fraction of sp³-hybridized carbons (Fsp3) is 0.317. The van der Waals surface area contributed by atoms with Crippen LogP contribution in [-0.4, -0.2) is 82.0 Å². The maximum absolute atomic E-state index is 13.5. The molecular weight excluding hydrogens is 753 g/mol. The van der Waals surface area contributed by atoms with E-state index < -0.39 is 39.7 Å². The fourth-order valence-corrected chi connectivity index (χ4v) is 8.85. The summed E-state index contributed by atoms with van der Waals surface area (Å²) in [5, 5.41) is 9.59. The third-order valence-corrected chi connectivity index (χ3v) is 11.9. The zero-order valence-corrected chi connectivity index (χ0v) is 32.3. The van der Waals surface area contributed by atoms with Gasteiger partial charge in [0.25, 0.3) is 27.7 Å². The molecule has 3 aliphatic rings. The second-order valence-corrected chi connectivity index (χ2v) is 15.8. The molecule has 0 aromatic heterocycles. The topological polar surface area (TPSA) is 200 Å². The van der Waals surface area contributed by atoms with Crippen LogP contribution in [0.3, 0.4) is 0 Å². The van der Waals surface area contributed by atoms with Gasteiger partial charge in [0, 0.05) is 49.4 Å². The zero-order chi connectivity index (χ0) is 40.4. The minimum atomic E-state index is -4.05. The molecule has 15 nitrogen and oxygen atoms in total.